The molecule has 1 unspecified atom stereocenters. The molecule has 194 valence electrons. The number of hydrogen-bond acceptors (Lipinski definition) is 4. The summed E-state index contributed by atoms with van der Waals surface area (Å²) in [5.41, 5.74) is 0.854. The van der Waals surface area contributed by atoms with E-state index in [2.05, 4.69) is 47.6 Å². The maximum Gasteiger partial charge on any atom is 0.223 e. The van der Waals surface area contributed by atoms with E-state index in [4.69, 9.17) is 0 Å². The number of rotatable bonds is 0. The second kappa shape index (κ2) is 6.91. The molecule has 0 saturated heterocycles. The van der Waals surface area contributed by atoms with Gasteiger partial charge < -0.3 is 20.4 Å². The summed E-state index contributed by atoms with van der Waals surface area (Å²) < 4.78 is 0. The third-order valence-electron chi connectivity index (χ3n) is 13.6. The average molecular weight is 475 g/mol. The average Bonchev–Trinajstić information content (AvgIpc) is 2.70. The number of aliphatic hydroxyl groups is 4. The van der Waals surface area contributed by atoms with Crippen molar-refractivity contribution in [3.63, 3.8) is 0 Å². The predicted octanol–water partition coefficient (Wildman–Crippen LogP) is 5.64. The Hall–Kier alpha value is -0.420. The monoisotopic (exact) mass is 474 g/mol. The highest BCUT2D eigenvalue weighted by Crippen LogP contribution is 2.76. The van der Waals surface area contributed by atoms with E-state index >= 15 is 0 Å². The van der Waals surface area contributed by atoms with Crippen molar-refractivity contribution in [2.75, 3.05) is 0 Å². The zero-order valence-corrected chi connectivity index (χ0v) is 22.9. The smallest absolute Gasteiger partial charge is 0.223 e. The summed E-state index contributed by atoms with van der Waals surface area (Å²) >= 11 is 0. The highest BCUT2D eigenvalue weighted by molar-refractivity contribution is 5.34. The third-order valence-corrected chi connectivity index (χ3v) is 13.6. The van der Waals surface area contributed by atoms with Crippen molar-refractivity contribution in [1.29, 1.82) is 0 Å². The fourth-order valence-electron chi connectivity index (χ4n) is 11.1. The maximum absolute atomic E-state index is 11.0. The lowest BCUT2D eigenvalue weighted by Crippen LogP contribution is -2.75. The second-order valence-corrected chi connectivity index (χ2v) is 15.2. The van der Waals surface area contributed by atoms with Gasteiger partial charge in [0.05, 0.1) is 0 Å². The van der Waals surface area contributed by atoms with Gasteiger partial charge in [-0.05, 0) is 96.2 Å². The quantitative estimate of drug-likeness (QED) is 0.271. The van der Waals surface area contributed by atoms with Crippen LogP contribution < -0.4 is 0 Å². The Kier molecular flexibility index (Phi) is 5.13. The normalized spacial score (nSPS) is 55.2. The van der Waals surface area contributed by atoms with E-state index in [0.29, 0.717) is 17.3 Å². The first kappa shape index (κ1) is 25.2. The molecule has 4 saturated carbocycles. The first-order chi connectivity index (χ1) is 15.4. The first-order valence-electron chi connectivity index (χ1n) is 14.0. The second-order valence-electron chi connectivity index (χ2n) is 15.2. The van der Waals surface area contributed by atoms with Gasteiger partial charge in [-0.15, -0.1) is 0 Å². The van der Waals surface area contributed by atoms with Gasteiger partial charge in [0.15, 0.2) is 0 Å². The third kappa shape index (κ3) is 2.70. The summed E-state index contributed by atoms with van der Waals surface area (Å²) in [5, 5.41) is 43.9. The summed E-state index contributed by atoms with van der Waals surface area (Å²) in [5.74, 6) is -2.67. The van der Waals surface area contributed by atoms with E-state index in [9.17, 15) is 20.4 Å². The van der Waals surface area contributed by atoms with Gasteiger partial charge in [0.25, 0.3) is 0 Å². The number of hydrogen-bond donors (Lipinski definition) is 4. The standard InChI is InChI=1S/C30H50O4/c1-18-11-13-25(5)15-16-27(7)20(23(25)19(18)2)9-10-22-26(6)17-29(31,32)30(33,34)24(3,4)21(26)12-14-28(22,27)8/h9,18-19,21-23,31-34H,10-17H2,1-8H3/t18-,19+,21?,22-,23+,25-,26+,27-,28-/m1/s1. The van der Waals surface area contributed by atoms with Crippen molar-refractivity contribution in [2.45, 2.75) is 118 Å². The minimum Gasteiger partial charge on any atom is -0.361 e. The molecule has 4 fully saturated rings. The molecule has 9 atom stereocenters. The van der Waals surface area contributed by atoms with Crippen molar-refractivity contribution in [2.24, 2.45) is 56.7 Å². The maximum atomic E-state index is 11.0. The Morgan fingerprint density at radius 3 is 2.09 bits per heavy atom. The van der Waals surface area contributed by atoms with Crippen LogP contribution in [0.25, 0.3) is 0 Å². The van der Waals surface area contributed by atoms with Crippen LogP contribution in [0.15, 0.2) is 11.6 Å². The number of fused-ring (bicyclic) bond motifs is 7. The fourth-order valence-corrected chi connectivity index (χ4v) is 11.1. The molecule has 0 radical (unpaired) electrons. The Bertz CT molecular complexity index is 903. The molecule has 5 rings (SSSR count). The van der Waals surface area contributed by atoms with Crippen LogP contribution in [0.1, 0.15) is 107 Å². The molecule has 0 bridgehead atoms. The lowest BCUT2D eigenvalue weighted by Gasteiger charge is -2.73. The zero-order chi connectivity index (χ0) is 25.3. The first-order valence-corrected chi connectivity index (χ1v) is 14.0. The molecule has 5 aliphatic carbocycles. The molecular weight excluding hydrogens is 424 g/mol. The Morgan fingerprint density at radius 1 is 0.794 bits per heavy atom. The van der Waals surface area contributed by atoms with E-state index in [1.807, 2.05) is 13.8 Å². The lowest BCUT2D eigenvalue weighted by atomic mass is 9.33. The summed E-state index contributed by atoms with van der Waals surface area (Å²) in [6.07, 6.45) is 10.7. The molecule has 4 heteroatoms. The molecule has 0 aromatic rings. The molecule has 4 nitrogen and oxygen atoms in total. The SMILES string of the molecule is C[C@H]1[C@H](C)CC[C@]2(C)CC[C@]3(C)C(=CC[C@@H]4[C@@]5(C)CC(O)(O)C(O)(O)C(C)(C)C5CC[C@]43C)[C@H]12. The van der Waals surface area contributed by atoms with Crippen molar-refractivity contribution in [1.82, 2.24) is 0 Å². The van der Waals surface area contributed by atoms with E-state index in [1.54, 1.807) is 5.57 Å². The molecule has 0 aromatic carbocycles. The van der Waals surface area contributed by atoms with Crippen LogP contribution in [-0.2, 0) is 0 Å². The molecule has 0 spiro atoms. The Labute approximate surface area is 207 Å². The van der Waals surface area contributed by atoms with Crippen LogP contribution in [0.5, 0.6) is 0 Å². The molecule has 4 N–H and O–H groups in total. The van der Waals surface area contributed by atoms with Crippen LogP contribution in [0.4, 0.5) is 0 Å². The van der Waals surface area contributed by atoms with Crippen LogP contribution in [-0.4, -0.2) is 32.0 Å². The lowest BCUT2D eigenvalue weighted by molar-refractivity contribution is -0.443. The van der Waals surface area contributed by atoms with Crippen LogP contribution in [0.3, 0.4) is 0 Å². The van der Waals surface area contributed by atoms with Gasteiger partial charge in [-0.1, -0.05) is 67.0 Å². The fraction of sp³-hybridized carbons (Fsp3) is 0.933. The van der Waals surface area contributed by atoms with Gasteiger partial charge >= 0.3 is 0 Å². The van der Waals surface area contributed by atoms with Gasteiger partial charge in [-0.2, -0.15) is 0 Å². The van der Waals surface area contributed by atoms with Gasteiger partial charge in [0.2, 0.25) is 11.6 Å². The van der Waals surface area contributed by atoms with E-state index in [1.165, 1.54) is 25.7 Å². The Morgan fingerprint density at radius 2 is 1.44 bits per heavy atom. The van der Waals surface area contributed by atoms with Crippen molar-refractivity contribution < 1.29 is 20.4 Å². The largest absolute Gasteiger partial charge is 0.361 e. The summed E-state index contributed by atoms with van der Waals surface area (Å²) in [6.45, 7) is 18.4. The highest BCUT2D eigenvalue weighted by Gasteiger charge is 2.74. The van der Waals surface area contributed by atoms with Crippen LogP contribution in [0, 0.1) is 56.7 Å². The van der Waals surface area contributed by atoms with Gasteiger partial charge in [-0.3, -0.25) is 0 Å². The molecule has 0 aromatic heterocycles. The Balaban J connectivity index is 1.62. The summed E-state index contributed by atoms with van der Waals surface area (Å²) in [7, 11) is 0. The molecular formula is C30H50O4. The molecule has 0 aliphatic heterocycles. The minimum absolute atomic E-state index is 0.00911. The van der Waals surface area contributed by atoms with Crippen LogP contribution >= 0.6 is 0 Å². The van der Waals surface area contributed by atoms with Crippen molar-refractivity contribution >= 4 is 0 Å². The molecule has 34 heavy (non-hydrogen) atoms. The van der Waals surface area contributed by atoms with Crippen molar-refractivity contribution in [3.8, 4) is 0 Å². The predicted molar refractivity (Wildman–Crippen MR) is 134 cm³/mol. The highest BCUT2D eigenvalue weighted by atomic mass is 16.6. The zero-order valence-electron chi connectivity index (χ0n) is 22.9. The van der Waals surface area contributed by atoms with E-state index in [-0.39, 0.29) is 34.5 Å². The van der Waals surface area contributed by atoms with Gasteiger partial charge in [-0.25, -0.2) is 0 Å². The molecule has 0 amide bonds. The van der Waals surface area contributed by atoms with Gasteiger partial charge in [0, 0.05) is 11.8 Å². The minimum atomic E-state index is -2.53. The van der Waals surface area contributed by atoms with Crippen LogP contribution in [0.2, 0.25) is 0 Å². The number of allylic oxidation sites excluding steroid dienone is 2. The summed E-state index contributed by atoms with van der Waals surface area (Å²) in [6, 6.07) is 0. The van der Waals surface area contributed by atoms with E-state index in [0.717, 1.165) is 25.2 Å². The topological polar surface area (TPSA) is 80.9 Å². The van der Waals surface area contributed by atoms with Crippen molar-refractivity contribution in [3.05, 3.63) is 11.6 Å². The molecule has 5 aliphatic rings. The molecule has 0 heterocycles. The van der Waals surface area contributed by atoms with E-state index < -0.39 is 17.0 Å². The van der Waals surface area contributed by atoms with Gasteiger partial charge in [0.1, 0.15) is 0 Å². The summed E-state index contributed by atoms with van der Waals surface area (Å²) in [4.78, 5) is 0.